The highest BCUT2D eigenvalue weighted by Crippen LogP contribution is 2.11. The van der Waals surface area contributed by atoms with Crippen molar-refractivity contribution >= 4 is 18.3 Å². The van der Waals surface area contributed by atoms with Crippen molar-refractivity contribution in [3.63, 3.8) is 0 Å². The monoisotopic (exact) mass is 250 g/mol. The fourth-order valence-electron chi connectivity index (χ4n) is 1.70. The predicted molar refractivity (Wildman–Crippen MR) is 66.7 cm³/mol. The van der Waals surface area contributed by atoms with E-state index in [9.17, 15) is 4.79 Å². The number of rotatable bonds is 3. The fraction of sp³-hybridized carbons (Fsp3) is 0.909. The summed E-state index contributed by atoms with van der Waals surface area (Å²) in [5.41, 5.74) is 5.77. The first-order chi connectivity index (χ1) is 7.00. The summed E-state index contributed by atoms with van der Waals surface area (Å²) in [5.74, 6) is 0.632. The molecule has 2 N–H and O–H groups in total. The molecule has 0 aromatic rings. The van der Waals surface area contributed by atoms with Crippen molar-refractivity contribution in [3.05, 3.63) is 0 Å². The molecular formula is C11H23ClN2O2. The highest BCUT2D eigenvalue weighted by Gasteiger charge is 2.26. The molecule has 96 valence electrons. The van der Waals surface area contributed by atoms with Gasteiger partial charge in [0.15, 0.2) is 0 Å². The van der Waals surface area contributed by atoms with Gasteiger partial charge in [0, 0.05) is 25.6 Å². The summed E-state index contributed by atoms with van der Waals surface area (Å²) in [6, 6.07) is -0.0142. The second kappa shape index (κ2) is 7.09. The minimum Gasteiger partial charge on any atom is -0.373 e. The molecule has 2 atom stereocenters. The van der Waals surface area contributed by atoms with Crippen LogP contribution in [-0.2, 0) is 9.53 Å². The molecule has 0 spiro atoms. The molecule has 1 saturated heterocycles. The van der Waals surface area contributed by atoms with Gasteiger partial charge in [-0.05, 0) is 12.8 Å². The molecule has 4 nitrogen and oxygen atoms in total. The molecule has 1 amide bonds. The highest BCUT2D eigenvalue weighted by atomic mass is 35.5. The normalized spacial score (nSPS) is 22.8. The lowest BCUT2D eigenvalue weighted by Crippen LogP contribution is -2.51. The van der Waals surface area contributed by atoms with E-state index in [1.54, 1.807) is 0 Å². The smallest absolute Gasteiger partial charge is 0.222 e. The maximum absolute atomic E-state index is 11.8. The summed E-state index contributed by atoms with van der Waals surface area (Å²) in [6.45, 7) is 7.98. The van der Waals surface area contributed by atoms with Gasteiger partial charge in [-0.3, -0.25) is 4.79 Å². The van der Waals surface area contributed by atoms with E-state index in [2.05, 4.69) is 13.8 Å². The van der Waals surface area contributed by atoms with Crippen LogP contribution >= 0.6 is 12.4 Å². The van der Waals surface area contributed by atoms with E-state index in [1.165, 1.54) is 0 Å². The van der Waals surface area contributed by atoms with Crippen LogP contribution in [0.5, 0.6) is 0 Å². The summed E-state index contributed by atoms with van der Waals surface area (Å²) in [6.07, 6.45) is 0.612. The van der Waals surface area contributed by atoms with Gasteiger partial charge >= 0.3 is 0 Å². The van der Waals surface area contributed by atoms with E-state index in [1.807, 2.05) is 11.8 Å². The lowest BCUT2D eigenvalue weighted by molar-refractivity contribution is -0.140. The van der Waals surface area contributed by atoms with Crippen molar-refractivity contribution in [1.29, 1.82) is 0 Å². The second-order valence-electron chi connectivity index (χ2n) is 4.71. The molecule has 1 heterocycles. The number of carbonyl (C=O) groups is 1. The van der Waals surface area contributed by atoms with Gasteiger partial charge in [0.2, 0.25) is 5.91 Å². The Bertz CT molecular complexity index is 222. The molecule has 0 saturated carbocycles. The minimum absolute atomic E-state index is 0. The third kappa shape index (κ3) is 4.68. The third-order valence-corrected chi connectivity index (χ3v) is 2.62. The van der Waals surface area contributed by atoms with Gasteiger partial charge in [0.05, 0.1) is 12.7 Å². The van der Waals surface area contributed by atoms with Crippen molar-refractivity contribution in [3.8, 4) is 0 Å². The van der Waals surface area contributed by atoms with E-state index in [-0.39, 0.29) is 30.5 Å². The zero-order valence-electron chi connectivity index (χ0n) is 10.3. The van der Waals surface area contributed by atoms with E-state index in [0.29, 0.717) is 32.0 Å². The van der Waals surface area contributed by atoms with Crippen molar-refractivity contribution in [1.82, 2.24) is 4.90 Å². The average molecular weight is 251 g/mol. The Balaban J connectivity index is 0.00000225. The van der Waals surface area contributed by atoms with Crippen LogP contribution in [0.15, 0.2) is 0 Å². The highest BCUT2D eigenvalue weighted by molar-refractivity contribution is 5.85. The zero-order valence-corrected chi connectivity index (χ0v) is 11.1. The van der Waals surface area contributed by atoms with E-state index in [0.717, 1.165) is 0 Å². The van der Waals surface area contributed by atoms with Crippen molar-refractivity contribution in [2.45, 2.75) is 39.3 Å². The van der Waals surface area contributed by atoms with E-state index in [4.69, 9.17) is 10.5 Å². The summed E-state index contributed by atoms with van der Waals surface area (Å²) >= 11 is 0. The van der Waals surface area contributed by atoms with Gasteiger partial charge in [-0.1, -0.05) is 13.8 Å². The standard InChI is InChI=1S/C11H22N2O2.ClH/c1-8(2)6-11(14)13-4-5-15-10(7-13)9(3)12;/h8-10H,4-7,12H2,1-3H3;1H. The lowest BCUT2D eigenvalue weighted by atomic mass is 10.1. The number of amides is 1. The molecule has 0 radical (unpaired) electrons. The van der Waals surface area contributed by atoms with Gasteiger partial charge < -0.3 is 15.4 Å². The Morgan fingerprint density at radius 3 is 2.62 bits per heavy atom. The Morgan fingerprint density at radius 1 is 1.50 bits per heavy atom. The molecule has 1 fully saturated rings. The van der Waals surface area contributed by atoms with Crippen LogP contribution in [0.25, 0.3) is 0 Å². The van der Waals surface area contributed by atoms with Gasteiger partial charge in [-0.25, -0.2) is 0 Å². The summed E-state index contributed by atoms with van der Waals surface area (Å²) in [5, 5.41) is 0. The Hall–Kier alpha value is -0.320. The maximum atomic E-state index is 11.8. The van der Waals surface area contributed by atoms with Crippen LogP contribution in [0.1, 0.15) is 27.2 Å². The van der Waals surface area contributed by atoms with Crippen molar-refractivity contribution in [2.24, 2.45) is 11.7 Å². The molecule has 5 heteroatoms. The second-order valence-corrected chi connectivity index (χ2v) is 4.71. The SMILES string of the molecule is CC(C)CC(=O)N1CCOC(C(C)N)C1.Cl. The Labute approximate surface area is 104 Å². The number of halogens is 1. The minimum atomic E-state index is -0.0142. The first kappa shape index (κ1) is 15.7. The molecule has 1 aliphatic rings. The van der Waals surface area contributed by atoms with Gasteiger partial charge in [0.1, 0.15) is 0 Å². The molecule has 2 unspecified atom stereocenters. The summed E-state index contributed by atoms with van der Waals surface area (Å²) < 4.78 is 5.51. The summed E-state index contributed by atoms with van der Waals surface area (Å²) in [4.78, 5) is 13.7. The largest absolute Gasteiger partial charge is 0.373 e. The zero-order chi connectivity index (χ0) is 11.4. The molecule has 1 aliphatic heterocycles. The third-order valence-electron chi connectivity index (χ3n) is 2.62. The van der Waals surface area contributed by atoms with E-state index < -0.39 is 0 Å². The average Bonchev–Trinajstić information content (AvgIpc) is 2.17. The molecule has 0 aliphatic carbocycles. The van der Waals surface area contributed by atoms with Crippen molar-refractivity contribution in [2.75, 3.05) is 19.7 Å². The number of carbonyl (C=O) groups excluding carboxylic acids is 1. The number of morpholine rings is 1. The Morgan fingerprint density at radius 2 is 2.12 bits per heavy atom. The number of ether oxygens (including phenoxy) is 1. The van der Waals surface area contributed by atoms with Crippen molar-refractivity contribution < 1.29 is 9.53 Å². The molecule has 16 heavy (non-hydrogen) atoms. The van der Waals surface area contributed by atoms with E-state index >= 15 is 0 Å². The lowest BCUT2D eigenvalue weighted by Gasteiger charge is -2.35. The number of hydrogen-bond donors (Lipinski definition) is 1. The topological polar surface area (TPSA) is 55.6 Å². The quantitative estimate of drug-likeness (QED) is 0.814. The fourth-order valence-corrected chi connectivity index (χ4v) is 1.70. The summed E-state index contributed by atoms with van der Waals surface area (Å²) in [7, 11) is 0. The number of nitrogens with zero attached hydrogens (tertiary/aromatic N) is 1. The first-order valence-electron chi connectivity index (χ1n) is 5.65. The molecule has 0 aromatic carbocycles. The molecular weight excluding hydrogens is 228 g/mol. The van der Waals surface area contributed by atoms with Crippen LogP contribution in [0, 0.1) is 5.92 Å². The predicted octanol–water partition coefficient (Wildman–Crippen LogP) is 1.03. The van der Waals surface area contributed by atoms with Gasteiger partial charge in [-0.2, -0.15) is 0 Å². The molecule has 0 bridgehead atoms. The Kier molecular flexibility index (Phi) is 6.95. The molecule has 0 aromatic heterocycles. The molecule has 1 rings (SSSR count). The maximum Gasteiger partial charge on any atom is 0.222 e. The first-order valence-corrected chi connectivity index (χ1v) is 5.65. The van der Waals surface area contributed by atoms with Crippen LogP contribution in [0.2, 0.25) is 0 Å². The number of hydrogen-bond acceptors (Lipinski definition) is 3. The van der Waals surface area contributed by atoms with Gasteiger partial charge in [0.25, 0.3) is 0 Å². The van der Waals surface area contributed by atoms with Gasteiger partial charge in [-0.15, -0.1) is 12.4 Å². The van der Waals surface area contributed by atoms with Crippen LogP contribution in [0.4, 0.5) is 0 Å². The van der Waals surface area contributed by atoms with Crippen LogP contribution in [-0.4, -0.2) is 42.6 Å². The van der Waals surface area contributed by atoms with Crippen LogP contribution < -0.4 is 5.73 Å². The number of nitrogens with two attached hydrogens (primary N) is 1. The van der Waals surface area contributed by atoms with Crippen LogP contribution in [0.3, 0.4) is 0 Å².